The molecule has 4 aromatic carbocycles. The molecule has 1 aliphatic heterocycles. The fourth-order valence-electron chi connectivity index (χ4n) is 11.3. The Morgan fingerprint density at radius 3 is 1.33 bits per heavy atom. The molecular weight excluding hydrogens is 1160 g/mol. The Bertz CT molecular complexity index is 2890. The number of carbonyl (C=O) groups excluding carboxylic acids is 2. The van der Waals surface area contributed by atoms with Gasteiger partial charge in [-0.05, 0) is 174 Å². The van der Waals surface area contributed by atoms with Crippen LogP contribution in [0.25, 0.3) is 0 Å². The van der Waals surface area contributed by atoms with Crippen molar-refractivity contribution in [3.63, 3.8) is 0 Å². The number of esters is 2. The molecule has 1 aliphatic rings. The first-order valence-corrected chi connectivity index (χ1v) is 28.6. The number of alkyl halides is 12. The highest BCUT2D eigenvalue weighted by atomic mass is 19.4. The molecule has 1 saturated heterocycles. The Labute approximate surface area is 495 Å². The van der Waals surface area contributed by atoms with E-state index in [9.17, 15) is 77.3 Å². The molecule has 0 bridgehead atoms. The number of rotatable bonds is 26. The summed E-state index contributed by atoms with van der Waals surface area (Å²) >= 11 is 0. The van der Waals surface area contributed by atoms with Crippen molar-refractivity contribution in [3.05, 3.63) is 128 Å². The van der Waals surface area contributed by atoms with E-state index in [2.05, 4.69) is 18.6 Å². The summed E-state index contributed by atoms with van der Waals surface area (Å²) in [4.78, 5) is 33.6. The molecule has 1 fully saturated rings. The van der Waals surface area contributed by atoms with Gasteiger partial charge in [-0.15, -0.1) is 0 Å². The molecule has 1 heterocycles. The number of aliphatic hydroxyl groups excluding tert-OH is 2. The van der Waals surface area contributed by atoms with Crippen molar-refractivity contribution in [1.29, 1.82) is 0 Å². The summed E-state index contributed by atoms with van der Waals surface area (Å²) in [7, 11) is 0. The first-order valence-electron chi connectivity index (χ1n) is 28.6. The number of hydrogen-bond donors (Lipinski definition) is 3. The highest BCUT2D eigenvalue weighted by molar-refractivity contribution is 5.71. The molecule has 0 spiro atoms. The Balaban J connectivity index is 0.000000369. The third-order valence-corrected chi connectivity index (χ3v) is 17.5. The summed E-state index contributed by atoms with van der Waals surface area (Å²) in [6.07, 6.45) is -27.0. The number of ether oxygens (including phenoxy) is 4. The minimum absolute atomic E-state index is 0.00954. The molecule has 10 nitrogen and oxygen atoms in total. The van der Waals surface area contributed by atoms with Crippen molar-refractivity contribution in [2.24, 2.45) is 10.8 Å². The molecule has 0 radical (unpaired) electrons. The predicted molar refractivity (Wildman–Crippen MR) is 299 cm³/mol. The van der Waals surface area contributed by atoms with Crippen LogP contribution < -0.4 is 9.47 Å². The predicted octanol–water partition coefficient (Wildman–Crippen LogP) is 15.9. The summed E-state index contributed by atoms with van der Waals surface area (Å²) in [5, 5.41) is 28.8. The molecule has 2 unspecified atom stereocenters. The van der Waals surface area contributed by atoms with Gasteiger partial charge < -0.3 is 34.3 Å². The van der Waals surface area contributed by atoms with E-state index in [4.69, 9.17) is 19.3 Å². The molecule has 3 N–H and O–H groups in total. The topological polar surface area (TPSA) is 149 Å². The molecule has 0 aromatic heterocycles. The van der Waals surface area contributed by atoms with Crippen LogP contribution >= 0.6 is 0 Å². The molecule has 4 aromatic rings. The van der Waals surface area contributed by atoms with Crippen molar-refractivity contribution in [3.8, 4) is 11.5 Å². The number of hydrogen-bond acceptors (Lipinski definition) is 9. The van der Waals surface area contributed by atoms with E-state index in [0.29, 0.717) is 59.4 Å². The second-order valence-electron chi connectivity index (χ2n) is 22.8. The quantitative estimate of drug-likeness (QED) is 0.0410. The number of carboxylic acid groups (broad SMARTS) is 1. The van der Waals surface area contributed by atoms with Crippen molar-refractivity contribution >= 4 is 17.9 Å². The number of aliphatic hydroxyl groups is 2. The Hall–Kier alpha value is -6.03. The zero-order chi connectivity index (χ0) is 65.2. The molecular formula is C64H80F12O10. The number of aliphatic carboxylic acids is 1. The Kier molecular flexibility index (Phi) is 24.3. The Morgan fingerprint density at radius 1 is 0.581 bits per heavy atom. The average molecular weight is 1240 g/mol. The highest BCUT2D eigenvalue weighted by Gasteiger charge is 2.73. The summed E-state index contributed by atoms with van der Waals surface area (Å²) in [6, 6.07) is 22.5. The summed E-state index contributed by atoms with van der Waals surface area (Å²) < 4.78 is 184. The maximum Gasteiger partial charge on any atom is 0.406 e. The zero-order valence-electron chi connectivity index (χ0n) is 50.4. The van der Waals surface area contributed by atoms with Gasteiger partial charge in [-0.3, -0.25) is 14.4 Å². The third kappa shape index (κ3) is 16.4. The fraction of sp³-hybridized carbons (Fsp3) is 0.578. The van der Waals surface area contributed by atoms with Crippen LogP contribution in [0.4, 0.5) is 52.7 Å². The van der Waals surface area contributed by atoms with Crippen LogP contribution in [0.15, 0.2) is 72.8 Å². The summed E-state index contributed by atoms with van der Waals surface area (Å²) in [5.74, 6) is -1.23. The molecule has 86 heavy (non-hydrogen) atoms. The molecule has 0 amide bonds. The average Bonchev–Trinajstić information content (AvgIpc) is 1.19. The number of benzene rings is 4. The van der Waals surface area contributed by atoms with E-state index in [1.54, 1.807) is 32.0 Å². The lowest BCUT2D eigenvalue weighted by Gasteiger charge is -2.39. The molecule has 0 aliphatic carbocycles. The van der Waals surface area contributed by atoms with Crippen molar-refractivity contribution < 1.29 is 101 Å². The number of aryl methyl sites for hydroxylation is 6. The van der Waals surface area contributed by atoms with Gasteiger partial charge in [-0.25, -0.2) is 0 Å². The van der Waals surface area contributed by atoms with Gasteiger partial charge >= 0.3 is 42.6 Å². The van der Waals surface area contributed by atoms with Gasteiger partial charge in [0.25, 0.3) is 0 Å². The van der Waals surface area contributed by atoms with E-state index in [-0.39, 0.29) is 64.8 Å². The monoisotopic (exact) mass is 1240 g/mol. The van der Waals surface area contributed by atoms with Crippen LogP contribution in [0.2, 0.25) is 0 Å². The van der Waals surface area contributed by atoms with Gasteiger partial charge in [0.15, 0.2) is 10.8 Å². The van der Waals surface area contributed by atoms with Crippen LogP contribution in [0.3, 0.4) is 0 Å². The second-order valence-corrected chi connectivity index (χ2v) is 22.8. The molecule has 5 rings (SSSR count). The van der Waals surface area contributed by atoms with Crippen molar-refractivity contribution in [1.82, 2.24) is 0 Å². The van der Waals surface area contributed by atoms with E-state index in [1.165, 1.54) is 0 Å². The maximum atomic E-state index is 13.8. The van der Waals surface area contributed by atoms with Gasteiger partial charge in [0.2, 0.25) is 0 Å². The number of cyclic esters (lactones) is 1. The number of carboxylic acids is 1. The lowest BCUT2D eigenvalue weighted by atomic mass is 9.69. The lowest BCUT2D eigenvalue weighted by molar-refractivity contribution is -0.360. The largest absolute Gasteiger partial charge is 0.491 e. The van der Waals surface area contributed by atoms with E-state index >= 15 is 0 Å². The van der Waals surface area contributed by atoms with Crippen LogP contribution in [0, 0.1) is 38.5 Å². The second kappa shape index (κ2) is 28.9. The maximum absolute atomic E-state index is 13.8. The third-order valence-electron chi connectivity index (χ3n) is 17.5. The Morgan fingerprint density at radius 2 is 0.977 bits per heavy atom. The normalized spacial score (nSPS) is 15.7. The lowest BCUT2D eigenvalue weighted by Crippen LogP contribution is -2.56. The van der Waals surface area contributed by atoms with Gasteiger partial charge in [-0.2, -0.15) is 52.7 Å². The standard InChI is InChI=1S/C33H40F6O5.C31H40F6O5/c1-7-31(8-2,25-12-14-27(21(4)18-25)42-19-26-13-16-29(41)44-26)24-11-9-23(20(3)17-24)10-15-28(43-22(5)40)30(6,32(34,35)36)33(37,38)39;1-6-29(7-2,23-11-13-25(20(4)17-23)42-18-24(38)12-15-27(40)41)22-10-8-21(19(3)16-22)9-14-26(39)28(5,30(32,33)34)31(35,36)37/h9,11-12,14,17-18,26,28H,7-8,10,13,15-16,19H2,1-6H3;8,10-11,13,16-17,24,26,38-39H,6-7,9,12,14-15,18H2,1-5H3,(H,40,41)/t26-,28?;24-,26?/m11/s1. The highest BCUT2D eigenvalue weighted by Crippen LogP contribution is 2.55. The van der Waals surface area contributed by atoms with E-state index < -0.39 is 89.5 Å². The summed E-state index contributed by atoms with van der Waals surface area (Å²) in [6.45, 7) is 16.5. The number of carbonyl (C=O) groups is 3. The van der Waals surface area contributed by atoms with Gasteiger partial charge in [0, 0.05) is 30.6 Å². The van der Waals surface area contributed by atoms with Crippen LogP contribution in [-0.4, -0.2) is 95.6 Å². The molecule has 4 atom stereocenters. The summed E-state index contributed by atoms with van der Waals surface area (Å²) in [5.41, 5.74) is -1.20. The molecule has 480 valence electrons. The molecule has 0 saturated carbocycles. The zero-order valence-corrected chi connectivity index (χ0v) is 50.4. The first-order chi connectivity index (χ1) is 39.7. The van der Waals surface area contributed by atoms with E-state index in [0.717, 1.165) is 53.1 Å². The van der Waals surface area contributed by atoms with Crippen LogP contribution in [-0.2, 0) is 47.5 Å². The first kappa shape index (κ1) is 72.4. The van der Waals surface area contributed by atoms with Crippen LogP contribution in [0.1, 0.15) is 168 Å². The van der Waals surface area contributed by atoms with Gasteiger partial charge in [-0.1, -0.05) is 88.4 Å². The van der Waals surface area contributed by atoms with Crippen molar-refractivity contribution in [2.75, 3.05) is 13.2 Å². The number of halogens is 12. The SMILES string of the molecule is CCC(CC)(c1ccc(CCC(O)C(C)(C(F)(F)F)C(F)(F)F)c(C)c1)c1ccc(OC[C@H](O)CCC(=O)O)c(C)c1.CCC(CC)(c1ccc(CCC(OC(C)=O)C(C)(C(F)(F)F)C(F)(F)F)c(C)c1)c1ccc(OC[C@H]2CCC(=O)O2)c(C)c1. The van der Waals surface area contributed by atoms with Crippen LogP contribution in [0.5, 0.6) is 11.5 Å². The molecule has 22 heteroatoms. The minimum Gasteiger partial charge on any atom is -0.491 e. The van der Waals surface area contributed by atoms with Gasteiger partial charge in [0.05, 0.1) is 12.2 Å². The van der Waals surface area contributed by atoms with Crippen molar-refractivity contribution in [2.45, 2.75) is 213 Å². The smallest absolute Gasteiger partial charge is 0.406 e. The van der Waals surface area contributed by atoms with Gasteiger partial charge in [0.1, 0.15) is 36.9 Å². The van der Waals surface area contributed by atoms with E-state index in [1.807, 2.05) is 82.3 Å². The fourth-order valence-corrected chi connectivity index (χ4v) is 11.3. The minimum atomic E-state index is -5.69.